The summed E-state index contributed by atoms with van der Waals surface area (Å²) in [5.74, 6) is 1.29. The van der Waals surface area contributed by atoms with Crippen LogP contribution in [0.1, 0.15) is 59.3 Å². The second kappa shape index (κ2) is 15.5. The number of hydrogen-bond donors (Lipinski definition) is 1. The molecule has 3 aliphatic heterocycles. The molecule has 4 aliphatic rings. The summed E-state index contributed by atoms with van der Waals surface area (Å²) in [7, 11) is 0. The van der Waals surface area contributed by atoms with Crippen molar-refractivity contribution >= 4 is 29.4 Å². The number of fused-ring (bicyclic) bond motifs is 2. The first-order chi connectivity index (χ1) is 25.5. The van der Waals surface area contributed by atoms with Gasteiger partial charge in [-0.1, -0.05) is 24.8 Å². The SMILES string of the molecule is C=CCOC(=O)Oc1ccccc1-c1cc(N2CC3CC[C@H](C2)N3c2ccnc(OC3CC(OC4CCN(C(=O)OC(C)(C)C)CC4)C3)c2)c(N)nn1. The molecular weight excluding hydrogens is 678 g/mol. The van der Waals surface area contributed by atoms with Crippen molar-refractivity contribution < 1.29 is 33.3 Å². The Labute approximate surface area is 310 Å². The Morgan fingerprint density at radius 1 is 0.962 bits per heavy atom. The summed E-state index contributed by atoms with van der Waals surface area (Å²) in [4.78, 5) is 35.7. The number of para-hydroxylation sites is 1. The number of likely N-dealkylation sites (tertiary alicyclic amines) is 1. The number of ether oxygens (including phenoxy) is 5. The molecule has 53 heavy (non-hydrogen) atoms. The van der Waals surface area contributed by atoms with E-state index in [2.05, 4.69) is 43.7 Å². The highest BCUT2D eigenvalue weighted by atomic mass is 16.7. The molecule has 1 amide bonds. The first kappa shape index (κ1) is 36.3. The van der Waals surface area contributed by atoms with Gasteiger partial charge in [0.15, 0.2) is 5.82 Å². The van der Waals surface area contributed by atoms with E-state index in [1.807, 2.05) is 45.2 Å². The summed E-state index contributed by atoms with van der Waals surface area (Å²) in [6.45, 7) is 12.1. The first-order valence-electron chi connectivity index (χ1n) is 18.5. The molecule has 2 bridgehead atoms. The fourth-order valence-electron chi connectivity index (χ4n) is 7.60. The Morgan fingerprint density at radius 2 is 1.70 bits per heavy atom. The summed E-state index contributed by atoms with van der Waals surface area (Å²) in [6.07, 6.45) is 7.93. The summed E-state index contributed by atoms with van der Waals surface area (Å²) in [5.41, 5.74) is 8.96. The largest absolute Gasteiger partial charge is 0.514 e. The van der Waals surface area contributed by atoms with Gasteiger partial charge in [0.1, 0.15) is 24.1 Å². The lowest BCUT2D eigenvalue weighted by Crippen LogP contribution is -2.54. The number of hydrogen-bond acceptors (Lipinski definition) is 13. The van der Waals surface area contributed by atoms with E-state index in [1.165, 1.54) is 6.08 Å². The van der Waals surface area contributed by atoms with Crippen LogP contribution in [0.2, 0.25) is 0 Å². The maximum Gasteiger partial charge on any atom is 0.514 e. The quantitative estimate of drug-likeness (QED) is 0.148. The van der Waals surface area contributed by atoms with E-state index < -0.39 is 11.8 Å². The van der Waals surface area contributed by atoms with Crippen molar-refractivity contribution in [3.8, 4) is 22.9 Å². The predicted molar refractivity (Wildman–Crippen MR) is 199 cm³/mol. The average Bonchev–Trinajstić information content (AvgIpc) is 3.38. The first-order valence-corrected chi connectivity index (χ1v) is 18.5. The Bertz CT molecular complexity index is 1770. The van der Waals surface area contributed by atoms with Gasteiger partial charge in [-0.3, -0.25) is 0 Å². The number of piperidine rings is 1. The molecule has 0 radical (unpaired) electrons. The van der Waals surface area contributed by atoms with Crippen LogP contribution >= 0.6 is 0 Å². The maximum atomic E-state index is 12.4. The topological polar surface area (TPSA) is 155 Å². The molecule has 1 saturated carbocycles. The van der Waals surface area contributed by atoms with E-state index in [-0.39, 0.29) is 43.1 Å². The predicted octanol–water partition coefficient (Wildman–Crippen LogP) is 6.01. The van der Waals surface area contributed by atoms with Crippen LogP contribution in [0.5, 0.6) is 11.6 Å². The number of amides is 1. The van der Waals surface area contributed by atoms with E-state index >= 15 is 0 Å². The highest BCUT2D eigenvalue weighted by molar-refractivity contribution is 5.77. The highest BCUT2D eigenvalue weighted by Crippen LogP contribution is 2.40. The number of carbonyl (C=O) groups is 2. The van der Waals surface area contributed by atoms with Gasteiger partial charge in [-0.15, -0.1) is 10.2 Å². The van der Waals surface area contributed by atoms with Gasteiger partial charge < -0.3 is 44.1 Å². The number of nitrogen functional groups attached to an aromatic ring is 1. The van der Waals surface area contributed by atoms with Crippen LogP contribution in [0.4, 0.5) is 26.8 Å². The zero-order valence-electron chi connectivity index (χ0n) is 30.7. The Morgan fingerprint density at radius 3 is 2.42 bits per heavy atom. The van der Waals surface area contributed by atoms with Gasteiger partial charge in [-0.25, -0.2) is 14.6 Å². The molecule has 14 heteroatoms. The lowest BCUT2D eigenvalue weighted by Gasteiger charge is -2.43. The monoisotopic (exact) mass is 727 g/mol. The van der Waals surface area contributed by atoms with Crippen molar-refractivity contribution in [3.63, 3.8) is 0 Å². The third kappa shape index (κ3) is 8.59. The van der Waals surface area contributed by atoms with Crippen LogP contribution in [-0.4, -0.2) is 101 Å². The van der Waals surface area contributed by atoms with Crippen molar-refractivity contribution in [2.45, 2.75) is 95.3 Å². The third-order valence-corrected chi connectivity index (χ3v) is 10.1. The molecule has 0 spiro atoms. The summed E-state index contributed by atoms with van der Waals surface area (Å²) < 4.78 is 28.7. The number of benzene rings is 1. The number of aromatic nitrogens is 3. The zero-order valence-corrected chi connectivity index (χ0v) is 30.7. The van der Waals surface area contributed by atoms with Crippen molar-refractivity contribution in [1.29, 1.82) is 0 Å². The van der Waals surface area contributed by atoms with Gasteiger partial charge in [-0.05, 0) is 70.7 Å². The Kier molecular flexibility index (Phi) is 10.6. The zero-order chi connectivity index (χ0) is 37.1. The Balaban J connectivity index is 0.930. The number of rotatable bonds is 10. The number of nitrogens with zero attached hydrogens (tertiary/aromatic N) is 6. The van der Waals surface area contributed by atoms with Crippen LogP contribution in [0.15, 0.2) is 61.3 Å². The molecule has 1 unspecified atom stereocenters. The van der Waals surface area contributed by atoms with Crippen LogP contribution < -0.4 is 25.0 Å². The fraction of sp³-hybridized carbons (Fsp3) is 0.513. The van der Waals surface area contributed by atoms with E-state index in [0.29, 0.717) is 41.8 Å². The number of anilines is 3. The molecule has 2 aromatic heterocycles. The smallest absolute Gasteiger partial charge is 0.474 e. The molecular formula is C39H49N7O7. The van der Waals surface area contributed by atoms with E-state index in [9.17, 15) is 9.59 Å². The maximum absolute atomic E-state index is 12.4. The van der Waals surface area contributed by atoms with Crippen molar-refractivity contribution in [2.75, 3.05) is 48.3 Å². The van der Waals surface area contributed by atoms with Gasteiger partial charge >= 0.3 is 12.2 Å². The summed E-state index contributed by atoms with van der Waals surface area (Å²) in [5, 5.41) is 8.63. The number of nitrogens with two attached hydrogens (primary N) is 1. The fourth-order valence-corrected chi connectivity index (χ4v) is 7.60. The molecule has 4 fully saturated rings. The number of piperazine rings is 1. The van der Waals surface area contributed by atoms with Crippen LogP contribution in [0.3, 0.4) is 0 Å². The van der Waals surface area contributed by atoms with Gasteiger partial charge in [0.25, 0.3) is 0 Å². The molecule has 14 nitrogen and oxygen atoms in total. The normalized spacial score (nSPS) is 22.9. The molecule has 1 aliphatic carbocycles. The number of carbonyl (C=O) groups excluding carboxylic acids is 2. The molecule has 2 atom stereocenters. The summed E-state index contributed by atoms with van der Waals surface area (Å²) >= 11 is 0. The van der Waals surface area contributed by atoms with Crippen LogP contribution in [0.25, 0.3) is 11.3 Å². The van der Waals surface area contributed by atoms with E-state index in [1.54, 1.807) is 17.0 Å². The lowest BCUT2D eigenvalue weighted by atomic mass is 9.91. The van der Waals surface area contributed by atoms with Crippen molar-refractivity contribution in [1.82, 2.24) is 20.1 Å². The molecule has 3 saturated heterocycles. The van der Waals surface area contributed by atoms with E-state index in [4.69, 9.17) is 29.4 Å². The minimum atomic E-state index is -0.824. The summed E-state index contributed by atoms with van der Waals surface area (Å²) in [6, 6.07) is 13.7. The molecule has 2 N–H and O–H groups in total. The minimum absolute atomic E-state index is 0.0484. The van der Waals surface area contributed by atoms with Crippen molar-refractivity contribution in [2.24, 2.45) is 0 Å². The van der Waals surface area contributed by atoms with Gasteiger partial charge in [-0.2, -0.15) is 0 Å². The van der Waals surface area contributed by atoms with Crippen LogP contribution in [0, 0.1) is 0 Å². The minimum Gasteiger partial charge on any atom is -0.474 e. The average molecular weight is 728 g/mol. The standard InChI is InChI=1S/C39H49N7O7/c1-5-18-49-38(48)52-34-9-7-6-8-31(34)32-22-33(36(40)43-42-32)45-23-26-10-11-27(24-45)46(26)25-12-15-41-35(19-25)51-30-20-29(21-30)50-28-13-16-44(17-14-28)37(47)53-39(2,3)4/h5-9,12,15,19,22,26-30H,1,10-11,13-14,16-18,20-21,23-24H2,2-4H3,(H2,40,43)/t26-,27?,29?,30?/m1/s1. The molecule has 3 aromatic rings. The van der Waals surface area contributed by atoms with Gasteiger partial charge in [0.2, 0.25) is 5.88 Å². The molecule has 282 valence electrons. The second-order valence-electron chi connectivity index (χ2n) is 15.1. The Hall–Kier alpha value is -5.11. The van der Waals surface area contributed by atoms with Crippen LogP contribution in [-0.2, 0) is 14.2 Å². The van der Waals surface area contributed by atoms with E-state index in [0.717, 1.165) is 63.0 Å². The molecule has 7 rings (SSSR count). The van der Waals surface area contributed by atoms with Gasteiger partial charge in [0, 0.05) is 74.6 Å². The molecule has 5 heterocycles. The highest BCUT2D eigenvalue weighted by Gasteiger charge is 2.41. The lowest BCUT2D eigenvalue weighted by molar-refractivity contribution is -0.110. The third-order valence-electron chi connectivity index (χ3n) is 10.1. The van der Waals surface area contributed by atoms with Gasteiger partial charge in [0.05, 0.1) is 23.6 Å². The van der Waals surface area contributed by atoms with Crippen molar-refractivity contribution in [3.05, 3.63) is 61.3 Å². The molecule has 1 aromatic carbocycles. The second-order valence-corrected chi connectivity index (χ2v) is 15.1. The number of pyridine rings is 1.